The smallest absolute Gasteiger partial charge is 0.154 e. The molecule has 0 spiro atoms. The molecule has 0 bridgehead atoms. The Morgan fingerprint density at radius 3 is 3.00 bits per heavy atom. The van der Waals surface area contributed by atoms with Gasteiger partial charge in [0.25, 0.3) is 0 Å². The van der Waals surface area contributed by atoms with Crippen molar-refractivity contribution in [2.75, 3.05) is 6.54 Å². The molecule has 0 aliphatic heterocycles. The van der Waals surface area contributed by atoms with Crippen LogP contribution in [0, 0.1) is 0 Å². The van der Waals surface area contributed by atoms with E-state index in [1.807, 2.05) is 17.6 Å². The molecular formula is C13H15ClN2S2. The minimum absolute atomic E-state index is 0.820. The van der Waals surface area contributed by atoms with E-state index in [1.165, 1.54) is 0 Å². The van der Waals surface area contributed by atoms with Gasteiger partial charge in [-0.25, -0.2) is 4.98 Å². The molecule has 0 saturated heterocycles. The lowest BCUT2D eigenvalue weighted by atomic mass is 10.2. The van der Waals surface area contributed by atoms with Crippen LogP contribution >= 0.6 is 34.7 Å². The van der Waals surface area contributed by atoms with Gasteiger partial charge in [0.1, 0.15) is 0 Å². The Bertz CT molecular complexity index is 486. The highest BCUT2D eigenvalue weighted by Gasteiger charge is 2.04. The molecule has 2 aromatic rings. The number of hydrogen-bond acceptors (Lipinski definition) is 4. The molecule has 2 nitrogen and oxygen atoms in total. The summed E-state index contributed by atoms with van der Waals surface area (Å²) in [5, 5.41) is 6.15. The lowest BCUT2D eigenvalue weighted by Gasteiger charge is -2.07. The Balaban J connectivity index is 2.00. The number of nitrogens with zero attached hydrogens (tertiary/aromatic N) is 1. The number of aromatic nitrogens is 1. The van der Waals surface area contributed by atoms with E-state index < -0.39 is 0 Å². The van der Waals surface area contributed by atoms with Crippen molar-refractivity contribution in [3.05, 3.63) is 40.4 Å². The summed E-state index contributed by atoms with van der Waals surface area (Å²) >= 11 is 9.57. The normalized spacial score (nSPS) is 10.8. The molecule has 96 valence electrons. The van der Waals surface area contributed by atoms with Gasteiger partial charge in [-0.2, -0.15) is 0 Å². The van der Waals surface area contributed by atoms with Gasteiger partial charge in [-0.3, -0.25) is 0 Å². The van der Waals surface area contributed by atoms with Gasteiger partial charge in [0, 0.05) is 28.0 Å². The Hall–Kier alpha value is -0.550. The zero-order valence-corrected chi connectivity index (χ0v) is 12.5. The number of benzene rings is 1. The summed E-state index contributed by atoms with van der Waals surface area (Å²) in [5.41, 5.74) is 1.15. The van der Waals surface area contributed by atoms with Crippen molar-refractivity contribution in [2.45, 2.75) is 29.1 Å². The van der Waals surface area contributed by atoms with E-state index in [0.717, 1.165) is 39.3 Å². The first-order valence-electron chi connectivity index (χ1n) is 5.86. The molecular weight excluding hydrogens is 284 g/mol. The summed E-state index contributed by atoms with van der Waals surface area (Å²) in [6.45, 7) is 4.00. The second-order valence-corrected chi connectivity index (χ2v) is 6.45. The molecule has 5 heteroatoms. The average Bonchev–Trinajstić information content (AvgIpc) is 2.85. The molecule has 0 aliphatic rings. The van der Waals surface area contributed by atoms with Crippen LogP contribution in [0.25, 0.3) is 0 Å². The summed E-state index contributed by atoms with van der Waals surface area (Å²) in [4.78, 5) is 5.38. The Labute approximate surface area is 121 Å². The van der Waals surface area contributed by atoms with Crippen LogP contribution in [0.3, 0.4) is 0 Å². The first kappa shape index (κ1) is 13.9. The predicted molar refractivity (Wildman–Crippen MR) is 79.7 cm³/mol. The third-order valence-electron chi connectivity index (χ3n) is 2.38. The van der Waals surface area contributed by atoms with Crippen LogP contribution in [0.1, 0.15) is 18.9 Å². The SMILES string of the molecule is CCCNCc1ccc(Sc2nccs2)cc1Cl. The van der Waals surface area contributed by atoms with E-state index in [1.54, 1.807) is 23.1 Å². The number of rotatable bonds is 6. The van der Waals surface area contributed by atoms with Crippen molar-refractivity contribution >= 4 is 34.7 Å². The molecule has 0 amide bonds. The van der Waals surface area contributed by atoms with Crippen LogP contribution in [-0.4, -0.2) is 11.5 Å². The van der Waals surface area contributed by atoms with E-state index in [4.69, 9.17) is 11.6 Å². The summed E-state index contributed by atoms with van der Waals surface area (Å²) in [7, 11) is 0. The molecule has 1 N–H and O–H groups in total. The summed E-state index contributed by atoms with van der Waals surface area (Å²) in [6.07, 6.45) is 2.95. The molecule has 0 atom stereocenters. The van der Waals surface area contributed by atoms with Crippen LogP contribution in [-0.2, 0) is 6.54 Å². The summed E-state index contributed by atoms with van der Waals surface area (Å²) < 4.78 is 1.04. The quantitative estimate of drug-likeness (QED) is 0.798. The van der Waals surface area contributed by atoms with Crippen LogP contribution in [0.15, 0.2) is 39.0 Å². The third kappa shape index (κ3) is 3.99. The standard InChI is InChI=1S/C13H15ClN2S2/c1-2-5-15-9-10-3-4-11(8-12(10)14)18-13-16-6-7-17-13/h3-4,6-8,15H,2,5,9H2,1H3. The van der Waals surface area contributed by atoms with Crippen molar-refractivity contribution in [2.24, 2.45) is 0 Å². The van der Waals surface area contributed by atoms with Crippen LogP contribution in [0.2, 0.25) is 5.02 Å². The zero-order chi connectivity index (χ0) is 12.8. The largest absolute Gasteiger partial charge is 0.313 e. The molecule has 0 saturated carbocycles. The fourth-order valence-electron chi connectivity index (χ4n) is 1.50. The molecule has 0 unspecified atom stereocenters. The second-order valence-electron chi connectivity index (χ2n) is 3.83. The highest BCUT2D eigenvalue weighted by molar-refractivity contribution is 8.01. The van der Waals surface area contributed by atoms with Crippen molar-refractivity contribution in [1.82, 2.24) is 10.3 Å². The lowest BCUT2D eigenvalue weighted by Crippen LogP contribution is -2.13. The van der Waals surface area contributed by atoms with Crippen LogP contribution < -0.4 is 5.32 Å². The number of halogens is 1. The number of hydrogen-bond donors (Lipinski definition) is 1. The van der Waals surface area contributed by atoms with Crippen LogP contribution in [0.4, 0.5) is 0 Å². The minimum Gasteiger partial charge on any atom is -0.313 e. The van der Waals surface area contributed by atoms with Gasteiger partial charge in [0.15, 0.2) is 4.34 Å². The molecule has 0 aliphatic carbocycles. The lowest BCUT2D eigenvalue weighted by molar-refractivity contribution is 0.675. The summed E-state index contributed by atoms with van der Waals surface area (Å²) in [5.74, 6) is 0. The van der Waals surface area contributed by atoms with E-state index in [2.05, 4.69) is 29.4 Å². The highest BCUT2D eigenvalue weighted by Crippen LogP contribution is 2.31. The highest BCUT2D eigenvalue weighted by atomic mass is 35.5. The second kappa shape index (κ2) is 7.14. The minimum atomic E-state index is 0.820. The summed E-state index contributed by atoms with van der Waals surface area (Å²) in [6, 6.07) is 6.19. The topological polar surface area (TPSA) is 24.9 Å². The maximum atomic E-state index is 6.28. The Kier molecular flexibility index (Phi) is 5.50. The third-order valence-corrected chi connectivity index (χ3v) is 4.61. The van der Waals surface area contributed by atoms with Crippen LogP contribution in [0.5, 0.6) is 0 Å². The molecule has 0 radical (unpaired) electrons. The van der Waals surface area contributed by atoms with Gasteiger partial charge in [-0.15, -0.1) is 11.3 Å². The van der Waals surface area contributed by atoms with Crippen molar-refractivity contribution in [3.8, 4) is 0 Å². The zero-order valence-electron chi connectivity index (χ0n) is 10.1. The van der Waals surface area contributed by atoms with Gasteiger partial charge in [0.05, 0.1) is 0 Å². The van der Waals surface area contributed by atoms with E-state index in [0.29, 0.717) is 0 Å². The van der Waals surface area contributed by atoms with E-state index >= 15 is 0 Å². The molecule has 0 fully saturated rings. The van der Waals surface area contributed by atoms with Gasteiger partial charge in [-0.05, 0) is 30.7 Å². The fraction of sp³-hybridized carbons (Fsp3) is 0.308. The Morgan fingerprint density at radius 2 is 2.33 bits per heavy atom. The monoisotopic (exact) mass is 298 g/mol. The van der Waals surface area contributed by atoms with Gasteiger partial charge < -0.3 is 5.32 Å². The van der Waals surface area contributed by atoms with E-state index in [-0.39, 0.29) is 0 Å². The van der Waals surface area contributed by atoms with Crippen molar-refractivity contribution in [3.63, 3.8) is 0 Å². The predicted octanol–water partition coefficient (Wildman–Crippen LogP) is 4.45. The number of nitrogens with one attached hydrogen (secondary N) is 1. The maximum Gasteiger partial charge on any atom is 0.154 e. The molecule has 1 aromatic heterocycles. The first-order chi connectivity index (χ1) is 8.79. The van der Waals surface area contributed by atoms with Gasteiger partial charge in [0.2, 0.25) is 0 Å². The molecule has 1 heterocycles. The molecule has 18 heavy (non-hydrogen) atoms. The first-order valence-corrected chi connectivity index (χ1v) is 7.93. The van der Waals surface area contributed by atoms with Gasteiger partial charge >= 0.3 is 0 Å². The Morgan fingerprint density at radius 1 is 1.44 bits per heavy atom. The maximum absolute atomic E-state index is 6.28. The van der Waals surface area contributed by atoms with E-state index in [9.17, 15) is 0 Å². The average molecular weight is 299 g/mol. The van der Waals surface area contributed by atoms with Gasteiger partial charge in [-0.1, -0.05) is 36.4 Å². The number of thiazole rings is 1. The molecule has 1 aromatic carbocycles. The molecule has 2 rings (SSSR count). The van der Waals surface area contributed by atoms with Crippen molar-refractivity contribution in [1.29, 1.82) is 0 Å². The van der Waals surface area contributed by atoms with Crippen molar-refractivity contribution < 1.29 is 0 Å². The fourth-order valence-corrected chi connectivity index (χ4v) is 3.44.